The van der Waals surface area contributed by atoms with E-state index in [4.69, 9.17) is 8.94 Å². The second-order valence-corrected chi connectivity index (χ2v) is 5.87. The Hall–Kier alpha value is -2.83. The van der Waals surface area contributed by atoms with Crippen molar-refractivity contribution in [3.8, 4) is 0 Å². The molecule has 3 heterocycles. The molecule has 1 aliphatic carbocycles. The first-order valence-corrected chi connectivity index (χ1v) is 8.11. The van der Waals surface area contributed by atoms with E-state index in [0.717, 1.165) is 42.8 Å². The first-order valence-electron chi connectivity index (χ1n) is 8.11. The summed E-state index contributed by atoms with van der Waals surface area (Å²) in [7, 11) is 0. The van der Waals surface area contributed by atoms with E-state index in [-0.39, 0.29) is 11.9 Å². The third kappa shape index (κ3) is 2.73. The molecule has 0 radical (unpaired) electrons. The summed E-state index contributed by atoms with van der Waals surface area (Å²) in [4.78, 5) is 12.5. The molecule has 0 spiro atoms. The lowest BCUT2D eigenvalue weighted by atomic mass is 9.96. The van der Waals surface area contributed by atoms with E-state index >= 15 is 0 Å². The molecule has 0 bridgehead atoms. The standard InChI is InChI=1S/C17H18N4O3/c22-17(16-12-5-1-2-6-14(12)24-20-16)18-11-13(15-7-3-10-23-15)21-9-4-8-19-21/h3-4,7-10,13H,1-2,5-6,11H2,(H,18,22). The molecule has 4 rings (SSSR count). The summed E-state index contributed by atoms with van der Waals surface area (Å²) >= 11 is 0. The van der Waals surface area contributed by atoms with Gasteiger partial charge in [-0.05, 0) is 37.5 Å². The van der Waals surface area contributed by atoms with E-state index in [1.165, 1.54) is 0 Å². The molecule has 124 valence electrons. The molecule has 1 N–H and O–H groups in total. The number of rotatable bonds is 5. The Bertz CT molecular complexity index is 771. The van der Waals surface area contributed by atoms with Crippen molar-refractivity contribution >= 4 is 5.91 Å². The summed E-state index contributed by atoms with van der Waals surface area (Å²) in [6, 6.07) is 5.32. The Labute approximate surface area is 138 Å². The largest absolute Gasteiger partial charge is 0.467 e. The van der Waals surface area contributed by atoms with Gasteiger partial charge in [0.1, 0.15) is 17.6 Å². The summed E-state index contributed by atoms with van der Waals surface area (Å²) < 4.78 is 12.6. The zero-order valence-electron chi connectivity index (χ0n) is 13.1. The van der Waals surface area contributed by atoms with E-state index in [2.05, 4.69) is 15.6 Å². The lowest BCUT2D eigenvalue weighted by Crippen LogP contribution is -2.32. The molecule has 0 aliphatic heterocycles. The van der Waals surface area contributed by atoms with E-state index in [1.807, 2.05) is 24.4 Å². The molecule has 7 nitrogen and oxygen atoms in total. The number of nitrogens with one attached hydrogen (secondary N) is 1. The third-order valence-corrected chi connectivity index (χ3v) is 4.34. The van der Waals surface area contributed by atoms with Gasteiger partial charge in [-0.15, -0.1) is 0 Å². The highest BCUT2D eigenvalue weighted by atomic mass is 16.5. The quantitative estimate of drug-likeness (QED) is 0.778. The summed E-state index contributed by atoms with van der Waals surface area (Å²) in [5.74, 6) is 1.37. The zero-order valence-corrected chi connectivity index (χ0v) is 13.1. The number of carbonyl (C=O) groups is 1. The SMILES string of the molecule is O=C(NCC(c1ccco1)n1cccn1)c1noc2c1CCCC2. The van der Waals surface area contributed by atoms with Gasteiger partial charge < -0.3 is 14.3 Å². The van der Waals surface area contributed by atoms with Crippen molar-refractivity contribution in [3.63, 3.8) is 0 Å². The summed E-state index contributed by atoms with van der Waals surface area (Å²) in [5.41, 5.74) is 1.36. The smallest absolute Gasteiger partial charge is 0.273 e. The molecule has 1 amide bonds. The first-order chi connectivity index (χ1) is 11.8. The number of aryl methyl sites for hydroxylation is 1. The van der Waals surface area contributed by atoms with Crippen LogP contribution in [0.25, 0.3) is 0 Å². The molecule has 3 aromatic heterocycles. The second kappa shape index (κ2) is 6.35. The third-order valence-electron chi connectivity index (χ3n) is 4.34. The van der Waals surface area contributed by atoms with Crippen LogP contribution in [0.1, 0.15) is 46.5 Å². The minimum atomic E-state index is -0.217. The second-order valence-electron chi connectivity index (χ2n) is 5.87. The highest BCUT2D eigenvalue weighted by Crippen LogP contribution is 2.24. The zero-order chi connectivity index (χ0) is 16.4. The van der Waals surface area contributed by atoms with Crippen molar-refractivity contribution in [2.24, 2.45) is 0 Å². The Balaban J connectivity index is 1.50. The average molecular weight is 326 g/mol. The van der Waals surface area contributed by atoms with Crippen LogP contribution in [0.15, 0.2) is 45.8 Å². The van der Waals surface area contributed by atoms with Crippen molar-refractivity contribution in [3.05, 3.63) is 59.6 Å². The van der Waals surface area contributed by atoms with Crippen molar-refractivity contribution < 1.29 is 13.7 Å². The van der Waals surface area contributed by atoms with Crippen LogP contribution < -0.4 is 5.32 Å². The molecule has 1 atom stereocenters. The summed E-state index contributed by atoms with van der Waals surface area (Å²) in [6.45, 7) is 0.357. The lowest BCUT2D eigenvalue weighted by molar-refractivity contribution is 0.0938. The predicted octanol–water partition coefficient (Wildman–Crippen LogP) is 2.36. The van der Waals surface area contributed by atoms with Crippen LogP contribution in [-0.4, -0.2) is 27.4 Å². The van der Waals surface area contributed by atoms with E-state index in [9.17, 15) is 4.79 Å². The van der Waals surface area contributed by atoms with Crippen molar-refractivity contribution in [1.82, 2.24) is 20.3 Å². The van der Waals surface area contributed by atoms with Gasteiger partial charge in [0.25, 0.3) is 5.91 Å². The molecule has 3 aromatic rings. The maximum Gasteiger partial charge on any atom is 0.273 e. The lowest BCUT2D eigenvalue weighted by Gasteiger charge is -2.16. The van der Waals surface area contributed by atoms with Crippen molar-refractivity contribution in [2.75, 3.05) is 6.54 Å². The van der Waals surface area contributed by atoms with Crippen LogP contribution in [0.3, 0.4) is 0 Å². The van der Waals surface area contributed by atoms with Gasteiger partial charge in [-0.2, -0.15) is 5.10 Å². The van der Waals surface area contributed by atoms with Crippen LogP contribution >= 0.6 is 0 Å². The van der Waals surface area contributed by atoms with Gasteiger partial charge in [-0.1, -0.05) is 5.16 Å². The van der Waals surface area contributed by atoms with Crippen molar-refractivity contribution in [2.45, 2.75) is 31.7 Å². The summed E-state index contributed by atoms with van der Waals surface area (Å²) in [6.07, 6.45) is 9.02. The van der Waals surface area contributed by atoms with Crippen LogP contribution in [0.4, 0.5) is 0 Å². The van der Waals surface area contributed by atoms with Gasteiger partial charge in [-0.25, -0.2) is 0 Å². The van der Waals surface area contributed by atoms with Gasteiger partial charge in [-0.3, -0.25) is 9.48 Å². The minimum absolute atomic E-state index is 0.207. The fourth-order valence-electron chi connectivity index (χ4n) is 3.11. The molecule has 0 saturated carbocycles. The number of carbonyl (C=O) groups excluding carboxylic acids is 1. The molecule has 0 fully saturated rings. The minimum Gasteiger partial charge on any atom is -0.467 e. The molecule has 24 heavy (non-hydrogen) atoms. The number of fused-ring (bicyclic) bond motifs is 1. The molecule has 1 unspecified atom stereocenters. The predicted molar refractivity (Wildman–Crippen MR) is 84.6 cm³/mol. The van der Waals surface area contributed by atoms with Gasteiger partial charge in [0.05, 0.1) is 6.26 Å². The van der Waals surface area contributed by atoms with Crippen LogP contribution in [0, 0.1) is 0 Å². The average Bonchev–Trinajstić information content (AvgIpc) is 3.36. The Morgan fingerprint density at radius 1 is 1.33 bits per heavy atom. The number of aromatic nitrogens is 3. The van der Waals surface area contributed by atoms with Gasteiger partial charge in [0.2, 0.25) is 0 Å². The number of furan rings is 1. The molecular formula is C17H18N4O3. The van der Waals surface area contributed by atoms with Gasteiger partial charge >= 0.3 is 0 Å². The maximum absolute atomic E-state index is 12.5. The van der Waals surface area contributed by atoms with E-state index < -0.39 is 0 Å². The number of hydrogen-bond donors (Lipinski definition) is 1. The highest BCUT2D eigenvalue weighted by Gasteiger charge is 2.25. The van der Waals surface area contributed by atoms with Crippen LogP contribution in [0.2, 0.25) is 0 Å². The Morgan fingerprint density at radius 2 is 2.25 bits per heavy atom. The van der Waals surface area contributed by atoms with E-state index in [1.54, 1.807) is 17.1 Å². The van der Waals surface area contributed by atoms with Gasteiger partial charge in [0.15, 0.2) is 5.69 Å². The Kier molecular flexibility index (Phi) is 3.90. The molecule has 0 saturated heterocycles. The van der Waals surface area contributed by atoms with Gasteiger partial charge in [0, 0.05) is 30.9 Å². The summed E-state index contributed by atoms with van der Waals surface area (Å²) in [5, 5.41) is 11.2. The van der Waals surface area contributed by atoms with E-state index in [0.29, 0.717) is 12.2 Å². The molecular weight excluding hydrogens is 308 g/mol. The first kappa shape index (κ1) is 14.7. The molecule has 0 aromatic carbocycles. The normalized spacial score (nSPS) is 15.0. The van der Waals surface area contributed by atoms with Crippen molar-refractivity contribution in [1.29, 1.82) is 0 Å². The highest BCUT2D eigenvalue weighted by molar-refractivity contribution is 5.93. The Morgan fingerprint density at radius 3 is 3.04 bits per heavy atom. The fourth-order valence-corrected chi connectivity index (χ4v) is 3.11. The number of amides is 1. The topological polar surface area (TPSA) is 86.1 Å². The molecule has 7 heteroatoms. The molecule has 1 aliphatic rings. The number of nitrogens with zero attached hydrogens (tertiary/aromatic N) is 3. The fraction of sp³-hybridized carbons (Fsp3) is 0.353. The van der Waals surface area contributed by atoms with Crippen LogP contribution in [0.5, 0.6) is 0 Å². The maximum atomic E-state index is 12.5. The number of hydrogen-bond acceptors (Lipinski definition) is 5. The monoisotopic (exact) mass is 326 g/mol. The van der Waals surface area contributed by atoms with Crippen LogP contribution in [-0.2, 0) is 12.8 Å².